The highest BCUT2D eigenvalue weighted by atomic mass is 16.8. The number of ketones is 1. The van der Waals surface area contributed by atoms with Crippen molar-refractivity contribution < 1.29 is 69.0 Å². The number of aliphatic hydroxyl groups excluding tert-OH is 7. The molecule has 0 spiro atoms. The first-order valence-electron chi connectivity index (χ1n) is 20.4. The second kappa shape index (κ2) is 16.5. The third-order valence-corrected chi connectivity index (χ3v) is 15.5. The minimum Gasteiger partial charge on any atom is -0.469 e. The summed E-state index contributed by atoms with van der Waals surface area (Å²) in [6.45, 7) is 9.53. The van der Waals surface area contributed by atoms with Crippen molar-refractivity contribution in [3.63, 3.8) is 0 Å². The van der Waals surface area contributed by atoms with E-state index in [2.05, 4.69) is 20.8 Å². The Kier molecular flexibility index (Phi) is 12.9. The van der Waals surface area contributed by atoms with Crippen molar-refractivity contribution in [3.05, 3.63) is 0 Å². The van der Waals surface area contributed by atoms with Crippen LogP contribution in [-0.4, -0.2) is 135 Å². The molecule has 54 heavy (non-hydrogen) atoms. The molecule has 6 aliphatic rings. The van der Waals surface area contributed by atoms with E-state index in [-0.39, 0.29) is 46.3 Å². The number of Topliss-reactive ketones (excluding diaryl/α,β-unsaturated/α-hetero) is 1. The van der Waals surface area contributed by atoms with E-state index in [1.807, 2.05) is 6.92 Å². The highest BCUT2D eigenvalue weighted by Crippen LogP contribution is 2.68. The smallest absolute Gasteiger partial charge is 0.308 e. The fourth-order valence-electron chi connectivity index (χ4n) is 12.1. The van der Waals surface area contributed by atoms with Gasteiger partial charge in [0, 0.05) is 12.3 Å². The molecule has 2 saturated heterocycles. The molecule has 310 valence electrons. The van der Waals surface area contributed by atoms with Crippen LogP contribution in [-0.2, 0) is 33.3 Å². The van der Waals surface area contributed by atoms with Gasteiger partial charge in [0.1, 0.15) is 48.5 Å². The zero-order valence-corrected chi connectivity index (χ0v) is 32.7. The minimum absolute atomic E-state index is 0.0167. The van der Waals surface area contributed by atoms with Crippen molar-refractivity contribution in [2.24, 2.45) is 52.3 Å². The van der Waals surface area contributed by atoms with Crippen molar-refractivity contribution in [1.29, 1.82) is 0 Å². The molecule has 14 nitrogen and oxygen atoms in total. The molecular formula is C40H66O14. The number of methoxy groups -OCH3 is 1. The Hall–Kier alpha value is -1.30. The number of ether oxygens (including phenoxy) is 5. The Morgan fingerprint density at radius 1 is 0.852 bits per heavy atom. The van der Waals surface area contributed by atoms with Gasteiger partial charge in [0.2, 0.25) is 0 Å². The quantitative estimate of drug-likeness (QED) is 0.117. The largest absolute Gasteiger partial charge is 0.469 e. The number of aliphatic hydroxyl groups is 7. The molecule has 4 saturated carbocycles. The van der Waals surface area contributed by atoms with Crippen molar-refractivity contribution >= 4 is 11.8 Å². The third-order valence-electron chi connectivity index (χ3n) is 15.5. The standard InChI is InChI=1S/C40H66O14/c1-18(36(49)50-6)7-10-27(42)19(2)23-8-9-24-22-16-28(43)26-15-21(11-13-40(26,5)25(22)12-14-39(23,24)4)52-38-35(33(47)31(45)29(17-41)53-38)54-37-34(48)32(46)30(44)20(3)51-37/h18-27,29-35,37-38,41-42,44-48H,7-17H2,1-6H3/t18?,19-,20-,21-,22?,23+,24?,25?,26?,27?,29+,30-,31+,32+,33-,34+,35+,37-,38+,39+,40+/m0/s1. The summed E-state index contributed by atoms with van der Waals surface area (Å²) < 4.78 is 28.8. The summed E-state index contributed by atoms with van der Waals surface area (Å²) in [7, 11) is 1.39. The summed E-state index contributed by atoms with van der Waals surface area (Å²) in [6.07, 6.45) is -7.48. The maximum atomic E-state index is 14.2. The molecule has 6 fully saturated rings. The third kappa shape index (κ3) is 7.56. The van der Waals surface area contributed by atoms with Crippen LogP contribution < -0.4 is 0 Å². The Balaban J connectivity index is 1.12. The molecule has 2 heterocycles. The highest BCUT2D eigenvalue weighted by molar-refractivity contribution is 5.83. The van der Waals surface area contributed by atoms with E-state index >= 15 is 0 Å². The maximum absolute atomic E-state index is 14.2. The number of carbonyl (C=O) groups is 2. The van der Waals surface area contributed by atoms with Crippen LogP contribution in [0.5, 0.6) is 0 Å². The monoisotopic (exact) mass is 770 g/mol. The first-order chi connectivity index (χ1) is 25.5. The minimum atomic E-state index is -1.66. The summed E-state index contributed by atoms with van der Waals surface area (Å²) in [5, 5.41) is 74.1. The second-order valence-corrected chi connectivity index (χ2v) is 18.3. The average Bonchev–Trinajstić information content (AvgIpc) is 3.51. The van der Waals surface area contributed by atoms with Crippen LogP contribution in [0.3, 0.4) is 0 Å². The van der Waals surface area contributed by atoms with Gasteiger partial charge in [-0.05, 0) is 105 Å². The zero-order chi connectivity index (χ0) is 39.4. The van der Waals surface area contributed by atoms with Gasteiger partial charge >= 0.3 is 5.97 Å². The Bertz CT molecular complexity index is 1320. The lowest BCUT2D eigenvalue weighted by molar-refractivity contribution is -0.370. The number of fused-ring (bicyclic) bond motifs is 5. The van der Waals surface area contributed by atoms with E-state index in [0.29, 0.717) is 49.9 Å². The maximum Gasteiger partial charge on any atom is 0.308 e. The number of esters is 1. The van der Waals surface area contributed by atoms with E-state index in [9.17, 15) is 45.3 Å². The predicted molar refractivity (Wildman–Crippen MR) is 191 cm³/mol. The molecule has 0 amide bonds. The summed E-state index contributed by atoms with van der Waals surface area (Å²) >= 11 is 0. The average molecular weight is 771 g/mol. The SMILES string of the molecule is COC(=O)C(C)CCC(O)[C@@H](C)[C@H]1CCC2C3CC(=O)C4C[C@@H](O[C@@H]5O[C@H](CO)[C@@H](O)[C@H](O)[C@H]5O[C@@H]5O[C@@H](C)[C@H](O)[C@@H](O)[C@H]5O)CC[C@]4(C)C3CC[C@@]21C. The molecule has 7 N–H and O–H groups in total. The molecule has 0 radical (unpaired) electrons. The predicted octanol–water partition coefficient (Wildman–Crippen LogP) is 1.45. The Morgan fingerprint density at radius 3 is 2.22 bits per heavy atom. The van der Waals surface area contributed by atoms with Gasteiger partial charge in [-0.25, -0.2) is 0 Å². The lowest BCUT2D eigenvalue weighted by Crippen LogP contribution is -2.64. The molecule has 0 aromatic heterocycles. The van der Waals surface area contributed by atoms with Gasteiger partial charge in [-0.15, -0.1) is 0 Å². The fourth-order valence-corrected chi connectivity index (χ4v) is 12.1. The van der Waals surface area contributed by atoms with E-state index in [1.54, 1.807) is 0 Å². The topological polar surface area (TPSA) is 222 Å². The molecule has 6 rings (SSSR count). The normalized spacial score (nSPS) is 49.6. The van der Waals surface area contributed by atoms with Crippen molar-refractivity contribution in [3.8, 4) is 0 Å². The van der Waals surface area contributed by atoms with Crippen LogP contribution in [0.1, 0.15) is 98.8 Å². The summed E-state index contributed by atoms with van der Waals surface area (Å²) in [5.41, 5.74) is -0.211. The number of carbonyl (C=O) groups excluding carboxylic acids is 2. The van der Waals surface area contributed by atoms with Gasteiger partial charge in [0.25, 0.3) is 0 Å². The molecule has 6 unspecified atom stereocenters. The van der Waals surface area contributed by atoms with E-state index in [4.69, 9.17) is 23.7 Å². The Morgan fingerprint density at radius 2 is 1.54 bits per heavy atom. The lowest BCUT2D eigenvalue weighted by atomic mass is 9.44. The van der Waals surface area contributed by atoms with Crippen molar-refractivity contribution in [1.82, 2.24) is 0 Å². The van der Waals surface area contributed by atoms with Gasteiger partial charge in [-0.1, -0.05) is 27.7 Å². The molecule has 21 atom stereocenters. The van der Waals surface area contributed by atoms with E-state index < -0.39 is 80.2 Å². The number of hydrogen-bond donors (Lipinski definition) is 7. The van der Waals surface area contributed by atoms with Gasteiger partial charge < -0.3 is 59.4 Å². The molecular weight excluding hydrogens is 704 g/mol. The molecule has 0 aromatic rings. The van der Waals surface area contributed by atoms with Gasteiger partial charge in [-0.2, -0.15) is 0 Å². The van der Waals surface area contributed by atoms with Crippen LogP contribution in [0.2, 0.25) is 0 Å². The van der Waals surface area contributed by atoms with Crippen LogP contribution >= 0.6 is 0 Å². The van der Waals surface area contributed by atoms with E-state index in [1.165, 1.54) is 14.0 Å². The molecule has 0 aromatic carbocycles. The van der Waals surface area contributed by atoms with Crippen LogP contribution in [0.15, 0.2) is 0 Å². The summed E-state index contributed by atoms with van der Waals surface area (Å²) in [6, 6.07) is 0. The van der Waals surface area contributed by atoms with Gasteiger partial charge in [0.15, 0.2) is 12.6 Å². The molecule has 14 heteroatoms. The molecule has 2 aliphatic heterocycles. The number of hydrogen-bond acceptors (Lipinski definition) is 14. The first kappa shape index (κ1) is 42.3. The summed E-state index contributed by atoms with van der Waals surface area (Å²) in [4.78, 5) is 26.2. The molecule has 4 aliphatic carbocycles. The van der Waals surface area contributed by atoms with Gasteiger partial charge in [0.05, 0.1) is 37.9 Å². The fraction of sp³-hybridized carbons (Fsp3) is 0.950. The Labute approximate surface area is 318 Å². The summed E-state index contributed by atoms with van der Waals surface area (Å²) in [5.74, 6) is 0.888. The lowest BCUT2D eigenvalue weighted by Gasteiger charge is -2.60. The van der Waals surface area contributed by atoms with Crippen molar-refractivity contribution in [2.45, 2.75) is 172 Å². The molecule has 0 bridgehead atoms. The van der Waals surface area contributed by atoms with Gasteiger partial charge in [-0.3, -0.25) is 9.59 Å². The van der Waals surface area contributed by atoms with Crippen molar-refractivity contribution in [2.75, 3.05) is 13.7 Å². The zero-order valence-electron chi connectivity index (χ0n) is 32.7. The highest BCUT2D eigenvalue weighted by Gasteiger charge is 2.63. The number of rotatable bonds is 11. The second-order valence-electron chi connectivity index (χ2n) is 18.3. The van der Waals surface area contributed by atoms with Crippen LogP contribution in [0, 0.1) is 52.3 Å². The van der Waals surface area contributed by atoms with Crippen LogP contribution in [0.4, 0.5) is 0 Å². The first-order valence-corrected chi connectivity index (χ1v) is 20.4. The van der Waals surface area contributed by atoms with E-state index in [0.717, 1.165) is 32.1 Å². The van der Waals surface area contributed by atoms with Crippen LogP contribution in [0.25, 0.3) is 0 Å².